The first kappa shape index (κ1) is 29.4. The van der Waals surface area contributed by atoms with Crippen molar-refractivity contribution < 1.29 is 4.79 Å². The number of nitriles is 1. The van der Waals surface area contributed by atoms with Crippen molar-refractivity contribution in [2.75, 3.05) is 10.2 Å². The SMILES string of the molecule is Cc1c(-c2nc(NC3CCC(N(C(=O)NCc4ccccc4)c4ncc(-c5cnn(C)c5)cn4)CC3)ncc2C#N)cnn1C. The van der Waals surface area contributed by atoms with Gasteiger partial charge in [-0.3, -0.25) is 14.3 Å². The molecule has 1 fully saturated rings. The molecule has 0 aliphatic heterocycles. The van der Waals surface area contributed by atoms with Gasteiger partial charge in [0.15, 0.2) is 0 Å². The van der Waals surface area contributed by atoms with Crippen LogP contribution in [0.3, 0.4) is 0 Å². The standard InChI is InChI=1S/C32H34N12O/c1-21-28(19-39-43(21)3)29-23(13-33)15-34-30(41-29)40-26-9-11-27(12-10-26)44(32(45)37-14-22-7-5-4-6-8-22)31-35-16-24(17-36-31)25-18-38-42(2)20-25/h4-8,15-20,26-27H,9-12,14H2,1-3H3,(H,37,45)(H,34,40,41). The number of hydrogen-bond donors (Lipinski definition) is 2. The van der Waals surface area contributed by atoms with Gasteiger partial charge in [0.25, 0.3) is 0 Å². The van der Waals surface area contributed by atoms with Gasteiger partial charge in [-0.05, 0) is 38.2 Å². The first-order valence-electron chi connectivity index (χ1n) is 14.8. The summed E-state index contributed by atoms with van der Waals surface area (Å²) in [7, 11) is 3.71. The molecule has 45 heavy (non-hydrogen) atoms. The maximum absolute atomic E-state index is 13.7. The zero-order chi connectivity index (χ0) is 31.3. The normalized spacial score (nSPS) is 16.1. The Morgan fingerprint density at radius 1 is 0.978 bits per heavy atom. The Morgan fingerprint density at radius 3 is 2.38 bits per heavy atom. The fraction of sp³-hybridized carbons (Fsp3) is 0.312. The number of benzene rings is 1. The number of anilines is 2. The van der Waals surface area contributed by atoms with E-state index in [1.165, 1.54) is 0 Å². The molecule has 4 heterocycles. The summed E-state index contributed by atoms with van der Waals surface area (Å²) in [5, 5.41) is 24.7. The van der Waals surface area contributed by atoms with E-state index in [0.29, 0.717) is 29.7 Å². The highest BCUT2D eigenvalue weighted by atomic mass is 16.2. The van der Waals surface area contributed by atoms with Crippen molar-refractivity contribution in [2.24, 2.45) is 14.1 Å². The molecular formula is C32H34N12O. The van der Waals surface area contributed by atoms with Gasteiger partial charge in [-0.25, -0.2) is 24.7 Å². The minimum absolute atomic E-state index is 0.0973. The smallest absolute Gasteiger partial charge is 0.324 e. The highest BCUT2D eigenvalue weighted by Gasteiger charge is 2.32. The number of hydrogen-bond acceptors (Lipinski definition) is 9. The van der Waals surface area contributed by atoms with Crippen molar-refractivity contribution in [3.63, 3.8) is 0 Å². The number of amides is 2. The van der Waals surface area contributed by atoms with Crippen LogP contribution in [-0.4, -0.2) is 57.6 Å². The summed E-state index contributed by atoms with van der Waals surface area (Å²) in [6.07, 6.45) is 13.4. The van der Waals surface area contributed by atoms with Crippen LogP contribution < -0.4 is 15.5 Å². The van der Waals surface area contributed by atoms with Crippen LogP contribution in [0.4, 0.5) is 16.7 Å². The van der Waals surface area contributed by atoms with Gasteiger partial charge >= 0.3 is 6.03 Å². The third-order valence-corrected chi connectivity index (χ3v) is 8.19. The second kappa shape index (κ2) is 12.9. The summed E-state index contributed by atoms with van der Waals surface area (Å²) in [4.78, 5) is 33.7. The molecule has 6 rings (SSSR count). The molecule has 0 spiro atoms. The molecule has 228 valence electrons. The first-order chi connectivity index (χ1) is 21.9. The number of carbonyl (C=O) groups is 1. The van der Waals surface area contributed by atoms with Gasteiger partial charge in [0.2, 0.25) is 11.9 Å². The van der Waals surface area contributed by atoms with Gasteiger partial charge in [0.1, 0.15) is 6.07 Å². The molecule has 0 bridgehead atoms. The lowest BCUT2D eigenvalue weighted by Crippen LogP contribution is -2.49. The van der Waals surface area contributed by atoms with E-state index < -0.39 is 0 Å². The van der Waals surface area contributed by atoms with Crippen LogP contribution in [0.25, 0.3) is 22.4 Å². The average molecular weight is 603 g/mol. The molecule has 2 amide bonds. The quantitative estimate of drug-likeness (QED) is 0.263. The van der Waals surface area contributed by atoms with Crippen molar-refractivity contribution in [3.8, 4) is 28.5 Å². The Hall–Kier alpha value is -5.64. The summed E-state index contributed by atoms with van der Waals surface area (Å²) in [5.41, 5.74) is 5.41. The van der Waals surface area contributed by atoms with Crippen LogP contribution in [0.2, 0.25) is 0 Å². The third kappa shape index (κ3) is 6.50. The number of nitrogens with zero attached hydrogens (tertiary/aromatic N) is 10. The Morgan fingerprint density at radius 2 is 1.73 bits per heavy atom. The molecule has 13 heteroatoms. The molecule has 1 aliphatic rings. The van der Waals surface area contributed by atoms with Crippen molar-refractivity contribution in [3.05, 3.63) is 84.3 Å². The number of aromatic nitrogens is 8. The topological polar surface area (TPSA) is 155 Å². The Balaban J connectivity index is 1.17. The van der Waals surface area contributed by atoms with Crippen LogP contribution in [0.15, 0.2) is 67.5 Å². The van der Waals surface area contributed by atoms with Gasteiger partial charge in [-0.1, -0.05) is 30.3 Å². The zero-order valence-corrected chi connectivity index (χ0v) is 25.4. The molecule has 1 saturated carbocycles. The molecule has 13 nitrogen and oxygen atoms in total. The Labute approximate surface area is 261 Å². The average Bonchev–Trinajstić information content (AvgIpc) is 3.66. The van der Waals surface area contributed by atoms with Crippen molar-refractivity contribution >= 4 is 17.9 Å². The molecular weight excluding hydrogens is 568 g/mol. The Kier molecular flexibility index (Phi) is 8.45. The van der Waals surface area contributed by atoms with E-state index in [0.717, 1.165) is 53.6 Å². The largest absolute Gasteiger partial charge is 0.351 e. The second-order valence-corrected chi connectivity index (χ2v) is 11.2. The molecule has 4 aromatic heterocycles. The van der Waals surface area contributed by atoms with Crippen LogP contribution in [0, 0.1) is 18.3 Å². The molecule has 0 saturated heterocycles. The second-order valence-electron chi connectivity index (χ2n) is 11.2. The zero-order valence-electron chi connectivity index (χ0n) is 25.4. The maximum Gasteiger partial charge on any atom is 0.324 e. The van der Waals surface area contributed by atoms with Crippen molar-refractivity contribution in [1.82, 2.24) is 44.8 Å². The lowest BCUT2D eigenvalue weighted by atomic mass is 9.90. The van der Waals surface area contributed by atoms with Gasteiger partial charge in [0, 0.05) is 73.7 Å². The number of urea groups is 1. The lowest BCUT2D eigenvalue weighted by molar-refractivity contribution is 0.240. The number of rotatable bonds is 8. The molecule has 0 unspecified atom stereocenters. The number of nitrogens with one attached hydrogen (secondary N) is 2. The highest BCUT2D eigenvalue weighted by Crippen LogP contribution is 2.30. The molecule has 1 aromatic carbocycles. The number of aryl methyl sites for hydroxylation is 2. The van der Waals surface area contributed by atoms with E-state index >= 15 is 0 Å². The summed E-state index contributed by atoms with van der Waals surface area (Å²) < 4.78 is 3.48. The molecule has 2 N–H and O–H groups in total. The predicted octanol–water partition coefficient (Wildman–Crippen LogP) is 4.39. The van der Waals surface area contributed by atoms with Gasteiger partial charge in [0.05, 0.1) is 29.8 Å². The van der Waals surface area contributed by atoms with Crippen LogP contribution in [0.5, 0.6) is 0 Å². The number of carbonyl (C=O) groups excluding carboxylic acids is 1. The van der Waals surface area contributed by atoms with Gasteiger partial charge in [-0.15, -0.1) is 0 Å². The van der Waals surface area contributed by atoms with E-state index in [1.807, 2.05) is 57.5 Å². The van der Waals surface area contributed by atoms with E-state index in [-0.39, 0.29) is 18.1 Å². The van der Waals surface area contributed by atoms with Crippen LogP contribution in [0.1, 0.15) is 42.5 Å². The van der Waals surface area contributed by atoms with E-state index in [9.17, 15) is 10.1 Å². The van der Waals surface area contributed by atoms with E-state index in [2.05, 4.69) is 41.9 Å². The monoisotopic (exact) mass is 602 g/mol. The fourth-order valence-corrected chi connectivity index (χ4v) is 5.57. The molecule has 1 aliphatic carbocycles. The first-order valence-corrected chi connectivity index (χ1v) is 14.8. The predicted molar refractivity (Wildman–Crippen MR) is 169 cm³/mol. The summed E-state index contributed by atoms with van der Waals surface area (Å²) >= 11 is 0. The molecule has 0 radical (unpaired) electrons. The van der Waals surface area contributed by atoms with Crippen molar-refractivity contribution in [2.45, 2.75) is 51.2 Å². The summed E-state index contributed by atoms with van der Waals surface area (Å²) in [6, 6.07) is 11.8. The Bertz CT molecular complexity index is 1820. The summed E-state index contributed by atoms with van der Waals surface area (Å²) in [6.45, 7) is 2.34. The van der Waals surface area contributed by atoms with Gasteiger partial charge < -0.3 is 10.6 Å². The van der Waals surface area contributed by atoms with Crippen molar-refractivity contribution in [1.29, 1.82) is 5.26 Å². The van der Waals surface area contributed by atoms with Crippen LogP contribution >= 0.6 is 0 Å². The van der Waals surface area contributed by atoms with Gasteiger partial charge in [-0.2, -0.15) is 15.5 Å². The highest BCUT2D eigenvalue weighted by molar-refractivity contribution is 5.90. The molecule has 5 aromatic rings. The fourth-order valence-electron chi connectivity index (χ4n) is 5.57. The maximum atomic E-state index is 13.7. The summed E-state index contributed by atoms with van der Waals surface area (Å²) in [5.74, 6) is 0.819. The lowest BCUT2D eigenvalue weighted by Gasteiger charge is -2.35. The van der Waals surface area contributed by atoms with E-state index in [4.69, 9.17) is 4.98 Å². The minimum Gasteiger partial charge on any atom is -0.351 e. The van der Waals surface area contributed by atoms with Crippen LogP contribution in [-0.2, 0) is 20.6 Å². The van der Waals surface area contributed by atoms with E-state index in [1.54, 1.807) is 45.2 Å². The minimum atomic E-state index is -0.240. The molecule has 0 atom stereocenters. The third-order valence-electron chi connectivity index (χ3n) is 8.19.